The van der Waals surface area contributed by atoms with E-state index < -0.39 is 17.2 Å². The van der Waals surface area contributed by atoms with Gasteiger partial charge in [0.1, 0.15) is 16.8 Å². The number of fused-ring (bicyclic) bond motifs is 5. The lowest BCUT2D eigenvalue weighted by Crippen LogP contribution is -2.35. The number of benzene rings is 3. The van der Waals surface area contributed by atoms with Gasteiger partial charge in [0.2, 0.25) is 5.43 Å². The molecule has 0 saturated carbocycles. The Morgan fingerprint density at radius 1 is 0.935 bits per heavy atom. The molecule has 2 saturated heterocycles. The van der Waals surface area contributed by atoms with Gasteiger partial charge >= 0.3 is 0 Å². The molecule has 8 rings (SSSR count). The molecule has 4 heterocycles. The first kappa shape index (κ1) is 28.9. The molecule has 46 heavy (non-hydrogen) atoms. The summed E-state index contributed by atoms with van der Waals surface area (Å²) in [4.78, 5) is 45.3. The number of halogens is 1. The van der Waals surface area contributed by atoms with Gasteiger partial charge in [-0.15, -0.1) is 0 Å². The van der Waals surface area contributed by atoms with Crippen molar-refractivity contribution in [1.29, 1.82) is 0 Å². The fourth-order valence-corrected chi connectivity index (χ4v) is 7.60. The van der Waals surface area contributed by atoms with E-state index in [0.717, 1.165) is 62.5 Å². The van der Waals surface area contributed by atoms with Crippen LogP contribution in [0.25, 0.3) is 49.1 Å². The predicted molar refractivity (Wildman–Crippen MR) is 180 cm³/mol. The standard InChI is InChI=1S/C36H36FN5O4/c1-40-13-6-7-21(40)10-11-38-31-28(37)17-26-32-35(31)46-30-19-25-24(22-8-2-3-9-23(22)33(25)43)18-29(30)42(32)20-27(34(26)44)36(45)39-12-16-41-14-4-5-15-41/h2-3,8-9,17-21,38H,4-7,10-16H2,1H3,(H,39,45). The van der Waals surface area contributed by atoms with Gasteiger partial charge in [-0.2, -0.15) is 0 Å². The molecule has 0 bridgehead atoms. The smallest absolute Gasteiger partial charge is 0.256 e. The molecule has 2 aliphatic heterocycles. The van der Waals surface area contributed by atoms with Crippen LogP contribution >= 0.6 is 0 Å². The van der Waals surface area contributed by atoms with E-state index in [1.54, 1.807) is 16.5 Å². The molecule has 9 nitrogen and oxygen atoms in total. The predicted octanol–water partition coefficient (Wildman–Crippen LogP) is 5.16. The van der Waals surface area contributed by atoms with Gasteiger partial charge in [-0.1, -0.05) is 24.3 Å². The molecule has 0 radical (unpaired) electrons. The molecule has 1 unspecified atom stereocenters. The fourth-order valence-electron chi connectivity index (χ4n) is 7.60. The van der Waals surface area contributed by atoms with Gasteiger partial charge in [-0.25, -0.2) is 4.39 Å². The number of likely N-dealkylation sites (tertiary alicyclic amines) is 2. The van der Waals surface area contributed by atoms with Crippen LogP contribution in [-0.2, 0) is 0 Å². The Morgan fingerprint density at radius 2 is 1.74 bits per heavy atom. The number of pyridine rings is 1. The zero-order valence-electron chi connectivity index (χ0n) is 25.8. The second kappa shape index (κ2) is 11.4. The van der Waals surface area contributed by atoms with Gasteiger partial charge in [0.25, 0.3) is 5.91 Å². The number of hydrogen-bond donors (Lipinski definition) is 2. The van der Waals surface area contributed by atoms with Crippen molar-refractivity contribution in [3.05, 3.63) is 80.5 Å². The second-order valence-corrected chi connectivity index (χ2v) is 12.8. The van der Waals surface area contributed by atoms with Crippen LogP contribution in [0.2, 0.25) is 0 Å². The molecule has 10 heteroatoms. The summed E-state index contributed by atoms with van der Waals surface area (Å²) in [6.07, 6.45) is 6.89. The van der Waals surface area contributed by atoms with E-state index >= 15 is 4.39 Å². The van der Waals surface area contributed by atoms with Crippen LogP contribution in [0, 0.1) is 5.82 Å². The molecule has 6 aromatic rings. The van der Waals surface area contributed by atoms with Crippen molar-refractivity contribution in [3.8, 4) is 0 Å². The van der Waals surface area contributed by atoms with Gasteiger partial charge in [-0.3, -0.25) is 14.4 Å². The van der Waals surface area contributed by atoms with E-state index in [-0.39, 0.29) is 27.6 Å². The Kier molecular flexibility index (Phi) is 7.14. The van der Waals surface area contributed by atoms with Crippen LogP contribution in [-0.4, -0.2) is 72.5 Å². The third-order valence-electron chi connectivity index (χ3n) is 10.1. The van der Waals surface area contributed by atoms with Crippen molar-refractivity contribution >= 4 is 60.7 Å². The van der Waals surface area contributed by atoms with Crippen molar-refractivity contribution in [1.82, 2.24) is 19.5 Å². The molecule has 2 aliphatic rings. The normalized spacial score (nSPS) is 17.8. The highest BCUT2D eigenvalue weighted by Crippen LogP contribution is 2.36. The molecule has 0 aliphatic carbocycles. The lowest BCUT2D eigenvalue weighted by atomic mass is 10.1. The van der Waals surface area contributed by atoms with E-state index in [1.165, 1.54) is 12.3 Å². The zero-order valence-corrected chi connectivity index (χ0v) is 25.8. The van der Waals surface area contributed by atoms with Crippen molar-refractivity contribution in [2.45, 2.75) is 38.1 Å². The first-order valence-corrected chi connectivity index (χ1v) is 16.3. The molecule has 1 amide bonds. The van der Waals surface area contributed by atoms with Crippen molar-refractivity contribution in [2.24, 2.45) is 0 Å². The SMILES string of the molecule is CN1CCCC1CCNc1c(F)cc2c(=O)c(C(=O)NCCN3CCCC3)cn3c4cc5c(cc4oc1c23)c(=O)c1ccccc15. The zero-order chi connectivity index (χ0) is 31.5. The van der Waals surface area contributed by atoms with Crippen molar-refractivity contribution < 1.29 is 13.6 Å². The summed E-state index contributed by atoms with van der Waals surface area (Å²) < 4.78 is 24.1. The average Bonchev–Trinajstić information content (AvgIpc) is 3.79. The number of aromatic nitrogens is 1. The maximum absolute atomic E-state index is 16.0. The summed E-state index contributed by atoms with van der Waals surface area (Å²) in [5, 5.41) is 8.88. The molecule has 2 fully saturated rings. The summed E-state index contributed by atoms with van der Waals surface area (Å²) >= 11 is 0. The monoisotopic (exact) mass is 621 g/mol. The summed E-state index contributed by atoms with van der Waals surface area (Å²) in [7, 11) is 2.11. The number of nitrogens with zero attached hydrogens (tertiary/aromatic N) is 3. The fraction of sp³-hybridized carbons (Fsp3) is 0.361. The highest BCUT2D eigenvalue weighted by Gasteiger charge is 2.25. The second-order valence-electron chi connectivity index (χ2n) is 12.8. The molecule has 236 valence electrons. The van der Waals surface area contributed by atoms with E-state index in [2.05, 4.69) is 27.5 Å². The van der Waals surface area contributed by atoms with Gasteiger partial charge in [0.05, 0.1) is 10.9 Å². The lowest BCUT2D eigenvalue weighted by molar-refractivity contribution is 0.0948. The minimum absolute atomic E-state index is 0.0587. The molecule has 1 atom stereocenters. The maximum atomic E-state index is 16.0. The number of rotatable bonds is 8. The van der Waals surface area contributed by atoms with E-state index in [0.29, 0.717) is 53.1 Å². The number of carbonyl (C=O) groups excluding carboxylic acids is 1. The topological polar surface area (TPSA) is 99.3 Å². The number of anilines is 1. The number of hydrogen-bond acceptors (Lipinski definition) is 7. The largest absolute Gasteiger partial charge is 0.451 e. The summed E-state index contributed by atoms with van der Waals surface area (Å²) in [6.45, 7) is 4.67. The van der Waals surface area contributed by atoms with Crippen molar-refractivity contribution in [2.75, 3.05) is 51.6 Å². The first-order valence-electron chi connectivity index (χ1n) is 16.3. The first-order chi connectivity index (χ1) is 22.4. The van der Waals surface area contributed by atoms with Gasteiger partial charge < -0.3 is 29.3 Å². The van der Waals surface area contributed by atoms with E-state index in [9.17, 15) is 14.4 Å². The molecule has 4 aromatic carbocycles. The number of carbonyl (C=O) groups is 1. The number of nitrogens with one attached hydrogen (secondary N) is 2. The Balaban J connectivity index is 1.30. The lowest BCUT2D eigenvalue weighted by Gasteiger charge is -2.20. The highest BCUT2D eigenvalue weighted by molar-refractivity contribution is 6.15. The van der Waals surface area contributed by atoms with Crippen LogP contribution in [0.1, 0.15) is 42.5 Å². The quantitative estimate of drug-likeness (QED) is 0.179. The highest BCUT2D eigenvalue weighted by atomic mass is 19.1. The van der Waals surface area contributed by atoms with Crippen LogP contribution < -0.4 is 21.5 Å². The summed E-state index contributed by atoms with van der Waals surface area (Å²) in [5.74, 6) is -1.14. The van der Waals surface area contributed by atoms with Crippen molar-refractivity contribution in [3.63, 3.8) is 0 Å². The Hall–Kier alpha value is -4.54. The molecular weight excluding hydrogens is 585 g/mol. The molecule has 2 N–H and O–H groups in total. The summed E-state index contributed by atoms with van der Waals surface area (Å²) in [5.41, 5.74) is 0.883. The third kappa shape index (κ3) is 4.70. The van der Waals surface area contributed by atoms with Crippen LogP contribution in [0.4, 0.5) is 10.1 Å². The van der Waals surface area contributed by atoms with Crippen LogP contribution in [0.15, 0.2) is 62.7 Å². The average molecular weight is 622 g/mol. The Labute approximate surface area is 263 Å². The molecule has 0 spiro atoms. The third-order valence-corrected chi connectivity index (χ3v) is 10.1. The molecule has 2 aromatic heterocycles. The molecular formula is C36H36FN5O4. The Morgan fingerprint density at radius 3 is 2.52 bits per heavy atom. The van der Waals surface area contributed by atoms with Gasteiger partial charge in [-0.05, 0) is 87.8 Å². The Bertz CT molecular complexity index is 2270. The maximum Gasteiger partial charge on any atom is 0.256 e. The van der Waals surface area contributed by atoms with Gasteiger partial charge in [0, 0.05) is 42.6 Å². The minimum atomic E-state index is -0.634. The van der Waals surface area contributed by atoms with E-state index in [1.807, 2.05) is 24.3 Å². The minimum Gasteiger partial charge on any atom is -0.451 e. The van der Waals surface area contributed by atoms with E-state index in [4.69, 9.17) is 4.42 Å². The van der Waals surface area contributed by atoms with Crippen LogP contribution in [0.3, 0.4) is 0 Å². The number of amides is 1. The van der Waals surface area contributed by atoms with Gasteiger partial charge in [0.15, 0.2) is 22.4 Å². The summed E-state index contributed by atoms with van der Waals surface area (Å²) in [6, 6.07) is 12.6. The van der Waals surface area contributed by atoms with Crippen LogP contribution in [0.5, 0.6) is 0 Å².